The van der Waals surface area contributed by atoms with Crippen molar-refractivity contribution < 1.29 is 0 Å². The lowest BCUT2D eigenvalue weighted by Gasteiger charge is -1.96. The Hall–Kier alpha value is -0.460. The predicted octanol–water partition coefficient (Wildman–Crippen LogP) is 3.57. The smallest absolute Gasteiger partial charge is 0.0637 e. The topological polar surface area (TPSA) is 12.4 Å². The Morgan fingerprint density at radius 3 is 2.73 bits per heavy atom. The molecule has 0 bridgehead atoms. The van der Waals surface area contributed by atoms with Crippen molar-refractivity contribution >= 4 is 17.4 Å². The van der Waals surface area contributed by atoms with Crippen LogP contribution in [0.25, 0.3) is 0 Å². The minimum Gasteiger partial charge on any atom is -0.200 e. The third-order valence-corrected chi connectivity index (χ3v) is 1.61. The van der Waals surface area contributed by atoms with Gasteiger partial charge in [-0.3, -0.25) is 0 Å². The fraction of sp³-hybridized carbons (Fsp3) is 0.667. The lowest BCUT2D eigenvalue weighted by molar-refractivity contribution is 0.663. The summed E-state index contributed by atoms with van der Waals surface area (Å²) in [5, 5.41) is 2.32. The Bertz CT molecular complexity index is 157. The summed E-state index contributed by atoms with van der Waals surface area (Å²) >= 11 is 4.45. The molecule has 0 aliphatic rings. The highest BCUT2D eigenvalue weighted by atomic mass is 32.1. The Kier molecular flexibility index (Phi) is 7.33. The average molecular weight is 169 g/mol. The van der Waals surface area contributed by atoms with Crippen molar-refractivity contribution in [2.45, 2.75) is 39.0 Å². The van der Waals surface area contributed by atoms with Crippen LogP contribution in [-0.4, -0.2) is 5.16 Å². The molecule has 0 radical (unpaired) electrons. The van der Waals surface area contributed by atoms with Crippen LogP contribution < -0.4 is 0 Å². The predicted molar refractivity (Wildman–Crippen MR) is 52.9 cm³/mol. The number of nitrogens with zero attached hydrogens (tertiary/aromatic N) is 1. The van der Waals surface area contributed by atoms with Gasteiger partial charge < -0.3 is 0 Å². The quantitative estimate of drug-likeness (QED) is 0.336. The first kappa shape index (κ1) is 10.5. The molecule has 2 heteroatoms. The van der Waals surface area contributed by atoms with Crippen LogP contribution in [0.2, 0.25) is 0 Å². The largest absolute Gasteiger partial charge is 0.200 e. The van der Waals surface area contributed by atoms with Crippen molar-refractivity contribution in [3.63, 3.8) is 0 Å². The van der Waals surface area contributed by atoms with Crippen LogP contribution >= 0.6 is 12.2 Å². The summed E-state index contributed by atoms with van der Waals surface area (Å²) in [6.45, 7) is 5.94. The molecule has 0 rings (SSSR count). The molecule has 0 aliphatic carbocycles. The third kappa shape index (κ3) is 7.44. The number of aliphatic imine (C=N–C) groups is 1. The fourth-order valence-electron chi connectivity index (χ4n) is 0.876. The number of thiocarbonyl (C=S) groups is 1. The maximum Gasteiger partial charge on any atom is 0.0637 e. The summed E-state index contributed by atoms with van der Waals surface area (Å²) in [6, 6.07) is 0. The molecular weight excluding hydrogens is 154 g/mol. The van der Waals surface area contributed by atoms with Gasteiger partial charge >= 0.3 is 0 Å². The molecule has 0 N–H and O–H groups in total. The van der Waals surface area contributed by atoms with E-state index in [-0.39, 0.29) is 0 Å². The number of rotatable bonds is 6. The molecule has 11 heavy (non-hydrogen) atoms. The van der Waals surface area contributed by atoms with Gasteiger partial charge in [0.1, 0.15) is 0 Å². The Labute approximate surface area is 74.2 Å². The number of isothiocyanates is 1. The van der Waals surface area contributed by atoms with Gasteiger partial charge in [-0.05, 0) is 25.1 Å². The first-order valence-electron chi connectivity index (χ1n) is 4.07. The molecule has 0 aromatic carbocycles. The van der Waals surface area contributed by atoms with Gasteiger partial charge in [0, 0.05) is 5.70 Å². The number of hydrogen-bond acceptors (Lipinski definition) is 2. The normalized spacial score (nSPS) is 8.82. The van der Waals surface area contributed by atoms with E-state index in [4.69, 9.17) is 0 Å². The molecule has 0 saturated carbocycles. The van der Waals surface area contributed by atoms with E-state index in [1.165, 1.54) is 25.7 Å². The first-order valence-corrected chi connectivity index (χ1v) is 4.47. The van der Waals surface area contributed by atoms with E-state index in [1.807, 2.05) is 0 Å². The van der Waals surface area contributed by atoms with Crippen LogP contribution in [0.1, 0.15) is 39.0 Å². The monoisotopic (exact) mass is 169 g/mol. The zero-order valence-corrected chi connectivity index (χ0v) is 7.91. The molecule has 0 amide bonds. The SMILES string of the molecule is C=C(CCCCCC)N=C=S. The van der Waals surface area contributed by atoms with Gasteiger partial charge in [0.15, 0.2) is 0 Å². The molecule has 0 aliphatic heterocycles. The average Bonchev–Trinajstić information content (AvgIpc) is 1.99. The van der Waals surface area contributed by atoms with Crippen LogP contribution in [0.3, 0.4) is 0 Å². The highest BCUT2D eigenvalue weighted by Crippen LogP contribution is 2.08. The van der Waals surface area contributed by atoms with E-state index < -0.39 is 0 Å². The van der Waals surface area contributed by atoms with E-state index in [2.05, 4.69) is 35.9 Å². The van der Waals surface area contributed by atoms with Gasteiger partial charge in [0.2, 0.25) is 0 Å². The van der Waals surface area contributed by atoms with Crippen molar-refractivity contribution in [3.05, 3.63) is 12.3 Å². The lowest BCUT2D eigenvalue weighted by Crippen LogP contribution is -1.78. The summed E-state index contributed by atoms with van der Waals surface area (Å²) < 4.78 is 0. The van der Waals surface area contributed by atoms with Crippen LogP contribution in [0.15, 0.2) is 17.3 Å². The molecule has 0 unspecified atom stereocenters. The van der Waals surface area contributed by atoms with E-state index in [1.54, 1.807) is 0 Å². The van der Waals surface area contributed by atoms with Crippen molar-refractivity contribution in [1.29, 1.82) is 0 Å². The molecule has 0 aromatic rings. The first-order chi connectivity index (χ1) is 5.31. The summed E-state index contributed by atoms with van der Waals surface area (Å²) in [4.78, 5) is 3.79. The summed E-state index contributed by atoms with van der Waals surface area (Å²) in [7, 11) is 0. The van der Waals surface area contributed by atoms with Crippen molar-refractivity contribution in [3.8, 4) is 0 Å². The standard InChI is InChI=1S/C9H15NS/c1-3-4-5-6-7-9(2)10-8-11/h2-7H2,1H3. The van der Waals surface area contributed by atoms with Gasteiger partial charge in [-0.15, -0.1) is 0 Å². The highest BCUT2D eigenvalue weighted by Gasteiger charge is 1.90. The zero-order chi connectivity index (χ0) is 8.53. The third-order valence-electron chi connectivity index (χ3n) is 1.52. The molecule has 0 fully saturated rings. The van der Waals surface area contributed by atoms with Crippen LogP contribution in [0.4, 0.5) is 0 Å². The minimum absolute atomic E-state index is 0.858. The van der Waals surface area contributed by atoms with Crippen molar-refractivity contribution in [2.24, 2.45) is 4.99 Å². The van der Waals surface area contributed by atoms with Crippen molar-refractivity contribution in [2.75, 3.05) is 0 Å². The highest BCUT2D eigenvalue weighted by molar-refractivity contribution is 7.78. The second-order valence-electron chi connectivity index (χ2n) is 2.58. The maximum atomic E-state index is 4.45. The van der Waals surface area contributed by atoms with Crippen LogP contribution in [-0.2, 0) is 0 Å². The molecule has 62 valence electrons. The molecular formula is C9H15NS. The van der Waals surface area contributed by atoms with Crippen molar-refractivity contribution in [1.82, 2.24) is 0 Å². The Morgan fingerprint density at radius 1 is 1.45 bits per heavy atom. The molecule has 0 aromatic heterocycles. The van der Waals surface area contributed by atoms with E-state index in [0.29, 0.717) is 0 Å². The lowest BCUT2D eigenvalue weighted by atomic mass is 10.1. The molecule has 0 heterocycles. The van der Waals surface area contributed by atoms with Crippen LogP contribution in [0.5, 0.6) is 0 Å². The molecule has 0 saturated heterocycles. The van der Waals surface area contributed by atoms with Gasteiger partial charge in [0.05, 0.1) is 5.16 Å². The van der Waals surface area contributed by atoms with Gasteiger partial charge in [0.25, 0.3) is 0 Å². The number of allylic oxidation sites excluding steroid dienone is 1. The summed E-state index contributed by atoms with van der Waals surface area (Å²) in [6.07, 6.45) is 5.97. The van der Waals surface area contributed by atoms with Crippen LogP contribution in [0, 0.1) is 0 Å². The fourth-order valence-corrected chi connectivity index (χ4v) is 1.01. The minimum atomic E-state index is 0.858. The maximum absolute atomic E-state index is 4.45. The van der Waals surface area contributed by atoms with E-state index in [9.17, 15) is 0 Å². The molecule has 0 atom stereocenters. The van der Waals surface area contributed by atoms with E-state index >= 15 is 0 Å². The number of hydrogen-bond donors (Lipinski definition) is 0. The number of unbranched alkanes of at least 4 members (excludes halogenated alkanes) is 3. The molecule has 0 spiro atoms. The Morgan fingerprint density at radius 2 is 2.18 bits per heavy atom. The summed E-state index contributed by atoms with van der Waals surface area (Å²) in [5.41, 5.74) is 0.858. The van der Waals surface area contributed by atoms with Gasteiger partial charge in [-0.1, -0.05) is 32.8 Å². The molecule has 1 nitrogen and oxygen atoms in total. The Balaban J connectivity index is 3.24. The van der Waals surface area contributed by atoms with Gasteiger partial charge in [-0.25, -0.2) is 0 Å². The second-order valence-corrected chi connectivity index (χ2v) is 2.76. The van der Waals surface area contributed by atoms with Gasteiger partial charge in [-0.2, -0.15) is 4.99 Å². The zero-order valence-electron chi connectivity index (χ0n) is 7.10. The second kappa shape index (κ2) is 7.64. The summed E-state index contributed by atoms with van der Waals surface area (Å²) in [5.74, 6) is 0. The van der Waals surface area contributed by atoms with E-state index in [0.717, 1.165) is 12.1 Å².